The van der Waals surface area contributed by atoms with E-state index in [9.17, 15) is 10.2 Å². The summed E-state index contributed by atoms with van der Waals surface area (Å²) in [6.45, 7) is 8.50. The first-order valence-corrected chi connectivity index (χ1v) is 11.8. The summed E-state index contributed by atoms with van der Waals surface area (Å²) in [5.41, 5.74) is 6.54. The summed E-state index contributed by atoms with van der Waals surface area (Å²) >= 11 is 0. The van der Waals surface area contributed by atoms with Gasteiger partial charge < -0.3 is 10.2 Å². The number of phenolic OH excluding ortho intramolecular Hbond substituents is 2. The Bertz CT molecular complexity index is 1060. The molecule has 0 atom stereocenters. The Labute approximate surface area is 198 Å². The highest BCUT2D eigenvalue weighted by Gasteiger charge is 2.45. The van der Waals surface area contributed by atoms with E-state index in [1.807, 2.05) is 24.3 Å². The molecule has 0 aliphatic heterocycles. The quantitative estimate of drug-likeness (QED) is 0.291. The third kappa shape index (κ3) is 4.52. The van der Waals surface area contributed by atoms with E-state index in [0.717, 1.165) is 11.1 Å². The molecule has 2 N–H and O–H groups in total. The summed E-state index contributed by atoms with van der Waals surface area (Å²) in [5.74, 6) is 0.498. The van der Waals surface area contributed by atoms with Crippen molar-refractivity contribution in [2.75, 3.05) is 0 Å². The molecule has 5 rings (SSSR count). The molecule has 1 aliphatic carbocycles. The van der Waals surface area contributed by atoms with Crippen LogP contribution in [0.2, 0.25) is 0 Å². The van der Waals surface area contributed by atoms with E-state index in [1.165, 1.54) is 35.1 Å². The molecule has 0 radical (unpaired) electrons. The van der Waals surface area contributed by atoms with Crippen molar-refractivity contribution in [2.24, 2.45) is 0 Å². The largest absolute Gasteiger partial charge is 0.508 e. The molecule has 4 aromatic rings. The summed E-state index contributed by atoms with van der Waals surface area (Å²) in [4.78, 5) is 0. The van der Waals surface area contributed by atoms with E-state index in [4.69, 9.17) is 0 Å². The predicted octanol–water partition coefficient (Wildman–Crippen LogP) is 8.29. The molecule has 0 heterocycles. The lowest BCUT2D eigenvalue weighted by Gasteiger charge is -2.33. The molecular weight excluding hydrogens is 404 g/mol. The minimum atomic E-state index is -0.491. The van der Waals surface area contributed by atoms with Gasteiger partial charge in [0.25, 0.3) is 0 Å². The Morgan fingerprint density at radius 1 is 0.485 bits per heavy atom. The molecule has 2 heteroatoms. The molecule has 1 aliphatic rings. The third-order valence-electron chi connectivity index (χ3n) is 5.55. The summed E-state index contributed by atoms with van der Waals surface area (Å²) in [6, 6.07) is 31.9. The van der Waals surface area contributed by atoms with Crippen LogP contribution < -0.4 is 0 Å². The molecule has 0 saturated carbocycles. The van der Waals surface area contributed by atoms with Crippen LogP contribution in [-0.2, 0) is 5.41 Å². The second kappa shape index (κ2) is 10.9. The van der Waals surface area contributed by atoms with Crippen molar-refractivity contribution in [1.29, 1.82) is 0 Å². The van der Waals surface area contributed by atoms with Crippen LogP contribution in [0.3, 0.4) is 0 Å². The minimum absolute atomic E-state index is 0.249. The highest BCUT2D eigenvalue weighted by Crippen LogP contribution is 2.56. The van der Waals surface area contributed by atoms with E-state index in [1.54, 1.807) is 24.3 Å². The molecule has 2 nitrogen and oxygen atoms in total. The van der Waals surface area contributed by atoms with Crippen LogP contribution in [0.4, 0.5) is 0 Å². The fraction of sp³-hybridized carbons (Fsp3) is 0.226. The molecule has 170 valence electrons. The average molecular weight is 439 g/mol. The molecule has 0 spiro atoms. The van der Waals surface area contributed by atoms with Gasteiger partial charge in [0, 0.05) is 0 Å². The van der Waals surface area contributed by atoms with Crippen LogP contribution in [0.1, 0.15) is 62.8 Å². The average Bonchev–Trinajstić information content (AvgIpc) is 3.13. The highest BCUT2D eigenvalue weighted by molar-refractivity contribution is 5.86. The molecule has 0 saturated heterocycles. The Kier molecular flexibility index (Phi) is 7.95. The lowest BCUT2D eigenvalue weighted by atomic mass is 9.68. The van der Waals surface area contributed by atoms with E-state index in [0.29, 0.717) is 0 Å². The van der Waals surface area contributed by atoms with Gasteiger partial charge >= 0.3 is 0 Å². The molecule has 0 fully saturated rings. The Balaban J connectivity index is 0.000000464. The first kappa shape index (κ1) is 24.1. The van der Waals surface area contributed by atoms with Crippen LogP contribution in [0.15, 0.2) is 97.1 Å². The summed E-state index contributed by atoms with van der Waals surface area (Å²) < 4.78 is 0. The van der Waals surface area contributed by atoms with Crippen molar-refractivity contribution < 1.29 is 10.2 Å². The first-order valence-electron chi connectivity index (χ1n) is 11.8. The van der Waals surface area contributed by atoms with Crippen molar-refractivity contribution >= 4 is 0 Å². The maximum absolute atomic E-state index is 9.85. The van der Waals surface area contributed by atoms with Gasteiger partial charge in [0.15, 0.2) is 0 Å². The van der Waals surface area contributed by atoms with Gasteiger partial charge in [-0.15, -0.1) is 0 Å². The van der Waals surface area contributed by atoms with E-state index >= 15 is 0 Å². The van der Waals surface area contributed by atoms with Crippen molar-refractivity contribution in [3.63, 3.8) is 0 Å². The van der Waals surface area contributed by atoms with Crippen molar-refractivity contribution in [2.45, 2.75) is 46.0 Å². The number of hydrogen-bond donors (Lipinski definition) is 2. The maximum Gasteiger partial charge on any atom is 0.115 e. The highest BCUT2D eigenvalue weighted by atomic mass is 16.3. The van der Waals surface area contributed by atoms with Gasteiger partial charge in [0.1, 0.15) is 11.5 Å². The SMILES string of the molecule is CCC.CCC.Oc1ccc(C2(c3ccc(O)cc3)c3ccccc3-c3ccccc32)cc1. The number of rotatable bonds is 2. The topological polar surface area (TPSA) is 40.5 Å². The van der Waals surface area contributed by atoms with Crippen molar-refractivity contribution in [3.05, 3.63) is 119 Å². The number of benzene rings is 4. The Morgan fingerprint density at radius 2 is 0.788 bits per heavy atom. The Morgan fingerprint density at radius 3 is 1.12 bits per heavy atom. The van der Waals surface area contributed by atoms with Crippen molar-refractivity contribution in [1.82, 2.24) is 0 Å². The number of fused-ring (bicyclic) bond motifs is 3. The standard InChI is InChI=1S/C25H18O2.2C3H8/c26-19-13-9-17(10-14-19)25(18-11-15-20(27)16-12-18)23-7-3-1-5-21(23)22-6-2-4-8-24(22)25;2*1-3-2/h1-16,26-27H;2*3H2,1-2H3. The van der Waals surface area contributed by atoms with Gasteiger partial charge in [-0.1, -0.05) is 113 Å². The molecule has 0 aromatic heterocycles. The van der Waals surface area contributed by atoms with Crippen LogP contribution >= 0.6 is 0 Å². The molecule has 0 unspecified atom stereocenters. The van der Waals surface area contributed by atoms with Gasteiger partial charge in [-0.2, -0.15) is 0 Å². The predicted molar refractivity (Wildman–Crippen MR) is 139 cm³/mol. The van der Waals surface area contributed by atoms with E-state index < -0.39 is 5.41 Å². The maximum atomic E-state index is 9.85. The molecule has 4 aromatic carbocycles. The number of hydrogen-bond acceptors (Lipinski definition) is 2. The van der Waals surface area contributed by atoms with E-state index in [2.05, 4.69) is 76.2 Å². The summed E-state index contributed by atoms with van der Waals surface area (Å²) in [5, 5.41) is 19.7. The second-order valence-electron chi connectivity index (χ2n) is 8.35. The van der Waals surface area contributed by atoms with Crippen LogP contribution in [0, 0.1) is 0 Å². The fourth-order valence-electron chi connectivity index (χ4n) is 4.45. The normalized spacial score (nSPS) is 12.4. The number of phenols is 2. The van der Waals surface area contributed by atoms with Gasteiger partial charge in [-0.25, -0.2) is 0 Å². The first-order chi connectivity index (χ1) is 16.0. The van der Waals surface area contributed by atoms with Crippen molar-refractivity contribution in [3.8, 4) is 22.6 Å². The van der Waals surface area contributed by atoms with E-state index in [-0.39, 0.29) is 11.5 Å². The van der Waals surface area contributed by atoms with Crippen LogP contribution in [0.5, 0.6) is 11.5 Å². The minimum Gasteiger partial charge on any atom is -0.508 e. The zero-order chi connectivity index (χ0) is 23.8. The van der Waals surface area contributed by atoms with Gasteiger partial charge in [0.05, 0.1) is 5.41 Å². The molecule has 33 heavy (non-hydrogen) atoms. The molecule has 0 amide bonds. The summed E-state index contributed by atoms with van der Waals surface area (Å²) in [6.07, 6.45) is 2.50. The molecule has 0 bridgehead atoms. The Hall–Kier alpha value is -3.52. The summed E-state index contributed by atoms with van der Waals surface area (Å²) in [7, 11) is 0. The van der Waals surface area contributed by atoms with Gasteiger partial charge in [0.2, 0.25) is 0 Å². The van der Waals surface area contributed by atoms with Crippen LogP contribution in [0.25, 0.3) is 11.1 Å². The molecular formula is C31H34O2. The number of aromatic hydroxyl groups is 2. The second-order valence-corrected chi connectivity index (χ2v) is 8.35. The fourth-order valence-corrected chi connectivity index (χ4v) is 4.45. The lowest BCUT2D eigenvalue weighted by molar-refractivity contribution is 0.475. The lowest BCUT2D eigenvalue weighted by Crippen LogP contribution is -2.28. The zero-order valence-electron chi connectivity index (χ0n) is 20.0. The third-order valence-corrected chi connectivity index (χ3v) is 5.55. The monoisotopic (exact) mass is 438 g/mol. The van der Waals surface area contributed by atoms with Gasteiger partial charge in [-0.3, -0.25) is 0 Å². The zero-order valence-corrected chi connectivity index (χ0v) is 20.0. The van der Waals surface area contributed by atoms with Gasteiger partial charge in [-0.05, 0) is 57.6 Å². The smallest absolute Gasteiger partial charge is 0.115 e. The van der Waals surface area contributed by atoms with Crippen LogP contribution in [-0.4, -0.2) is 10.2 Å².